The monoisotopic (exact) mass is 228 g/mol. The smallest absolute Gasteiger partial charge is 0.308 e. The van der Waals surface area contributed by atoms with Gasteiger partial charge >= 0.3 is 5.97 Å². The molecule has 1 rings (SSSR count). The normalized spacial score (nSPS) is 12.1. The van der Waals surface area contributed by atoms with Crippen molar-refractivity contribution in [2.75, 3.05) is 7.11 Å². The van der Waals surface area contributed by atoms with Crippen LogP contribution in [-0.2, 0) is 9.53 Å². The minimum atomic E-state index is -1.40. The minimum Gasteiger partial charge on any atom is -0.508 e. The molecule has 6 heteroatoms. The number of carbonyl (C=O) groups excluding carboxylic acids is 1. The number of aliphatic hydroxyl groups excluding tert-OH is 1. The third-order valence-corrected chi connectivity index (χ3v) is 2.04. The number of methoxy groups -OCH3 is 1. The Labute approximate surface area is 91.3 Å². The molecule has 1 atom stereocenters. The van der Waals surface area contributed by atoms with E-state index in [1.165, 1.54) is 0 Å². The van der Waals surface area contributed by atoms with E-state index in [2.05, 4.69) is 4.74 Å². The van der Waals surface area contributed by atoms with Crippen LogP contribution in [0.4, 0.5) is 0 Å². The molecule has 1 unspecified atom stereocenters. The Balaban J connectivity index is 2.99. The summed E-state index contributed by atoms with van der Waals surface area (Å²) < 4.78 is 4.33. The quantitative estimate of drug-likeness (QED) is 0.558. The number of ether oxygens (including phenoxy) is 1. The number of phenols is 3. The molecular formula is C10H12O6. The molecule has 0 heterocycles. The van der Waals surface area contributed by atoms with Crippen LogP contribution in [-0.4, -0.2) is 33.5 Å². The number of hydrogen-bond acceptors (Lipinski definition) is 6. The molecule has 0 fully saturated rings. The molecule has 0 aliphatic heterocycles. The van der Waals surface area contributed by atoms with Crippen molar-refractivity contribution in [2.24, 2.45) is 0 Å². The van der Waals surface area contributed by atoms with Gasteiger partial charge in [0.15, 0.2) is 0 Å². The number of benzene rings is 1. The maximum atomic E-state index is 10.9. The van der Waals surface area contributed by atoms with Crippen LogP contribution in [0.25, 0.3) is 0 Å². The van der Waals surface area contributed by atoms with E-state index in [4.69, 9.17) is 5.11 Å². The number of hydrogen-bond donors (Lipinski definition) is 4. The molecule has 1 aromatic rings. The second-order valence-corrected chi connectivity index (χ2v) is 3.19. The van der Waals surface area contributed by atoms with Gasteiger partial charge in [0.1, 0.15) is 17.2 Å². The van der Waals surface area contributed by atoms with Gasteiger partial charge in [-0.15, -0.1) is 0 Å². The van der Waals surface area contributed by atoms with Gasteiger partial charge in [-0.3, -0.25) is 4.79 Å². The summed E-state index contributed by atoms with van der Waals surface area (Å²) in [6.45, 7) is 0. The van der Waals surface area contributed by atoms with Crippen LogP contribution < -0.4 is 0 Å². The third-order valence-electron chi connectivity index (χ3n) is 2.04. The van der Waals surface area contributed by atoms with Crippen molar-refractivity contribution in [1.82, 2.24) is 0 Å². The molecule has 0 aliphatic carbocycles. The fourth-order valence-electron chi connectivity index (χ4n) is 1.29. The summed E-state index contributed by atoms with van der Waals surface area (Å²) in [5.74, 6) is -2.01. The van der Waals surface area contributed by atoms with Gasteiger partial charge in [0.25, 0.3) is 0 Å². The van der Waals surface area contributed by atoms with Gasteiger partial charge in [-0.2, -0.15) is 0 Å². The number of carbonyl (C=O) groups is 1. The zero-order chi connectivity index (χ0) is 12.3. The molecule has 0 saturated carbocycles. The largest absolute Gasteiger partial charge is 0.508 e. The maximum Gasteiger partial charge on any atom is 0.308 e. The summed E-state index contributed by atoms with van der Waals surface area (Å²) in [6.07, 6.45) is -1.80. The van der Waals surface area contributed by atoms with E-state index in [9.17, 15) is 20.1 Å². The first-order valence-electron chi connectivity index (χ1n) is 4.45. The van der Waals surface area contributed by atoms with Gasteiger partial charge in [-0.1, -0.05) is 0 Å². The highest BCUT2D eigenvalue weighted by molar-refractivity contribution is 5.70. The lowest BCUT2D eigenvalue weighted by molar-refractivity contribution is -0.142. The standard InChI is InChI=1S/C10H12O6/c1-16-9(15)4-8(14)10-6(12)2-5(11)3-7(10)13/h2-3,8,11-14H,4H2,1H3. The lowest BCUT2D eigenvalue weighted by atomic mass is 10.0. The molecule has 0 saturated heterocycles. The molecule has 0 spiro atoms. The van der Waals surface area contributed by atoms with Crippen LogP contribution in [0.2, 0.25) is 0 Å². The van der Waals surface area contributed by atoms with Crippen molar-refractivity contribution in [2.45, 2.75) is 12.5 Å². The predicted octanol–water partition coefficient (Wildman–Crippen LogP) is 0.400. The van der Waals surface area contributed by atoms with Crippen LogP contribution in [0, 0.1) is 0 Å². The van der Waals surface area contributed by atoms with E-state index in [0.717, 1.165) is 19.2 Å². The molecule has 16 heavy (non-hydrogen) atoms. The van der Waals surface area contributed by atoms with E-state index < -0.39 is 30.0 Å². The lowest BCUT2D eigenvalue weighted by Crippen LogP contribution is -2.08. The number of esters is 1. The SMILES string of the molecule is COC(=O)CC(O)c1c(O)cc(O)cc1O. The zero-order valence-corrected chi connectivity index (χ0v) is 8.54. The Hall–Kier alpha value is -1.95. The van der Waals surface area contributed by atoms with Gasteiger partial charge in [0.05, 0.1) is 25.2 Å². The second-order valence-electron chi connectivity index (χ2n) is 3.19. The topological polar surface area (TPSA) is 107 Å². The van der Waals surface area contributed by atoms with E-state index in [1.807, 2.05) is 0 Å². The molecule has 4 N–H and O–H groups in total. The highest BCUT2D eigenvalue weighted by Gasteiger charge is 2.21. The summed E-state index contributed by atoms with van der Waals surface area (Å²) in [5.41, 5.74) is -0.219. The Morgan fingerprint density at radius 3 is 2.25 bits per heavy atom. The van der Waals surface area contributed by atoms with Crippen molar-refractivity contribution in [1.29, 1.82) is 0 Å². The highest BCUT2D eigenvalue weighted by Crippen LogP contribution is 2.37. The van der Waals surface area contributed by atoms with Crippen LogP contribution in [0.1, 0.15) is 18.1 Å². The Kier molecular flexibility index (Phi) is 3.57. The molecule has 0 bridgehead atoms. The summed E-state index contributed by atoms with van der Waals surface area (Å²) in [4.78, 5) is 10.9. The summed E-state index contributed by atoms with van der Waals surface area (Å²) in [6, 6.07) is 1.91. The van der Waals surface area contributed by atoms with Gasteiger partial charge < -0.3 is 25.2 Å². The summed E-state index contributed by atoms with van der Waals surface area (Å²) in [7, 11) is 1.16. The van der Waals surface area contributed by atoms with Gasteiger partial charge in [0, 0.05) is 12.1 Å². The van der Waals surface area contributed by atoms with Gasteiger partial charge in [-0.25, -0.2) is 0 Å². The average Bonchev–Trinajstić information content (AvgIpc) is 2.15. The molecule has 0 aromatic heterocycles. The number of aromatic hydroxyl groups is 3. The Bertz CT molecular complexity index is 377. The molecular weight excluding hydrogens is 216 g/mol. The first kappa shape index (κ1) is 12.1. The van der Waals surface area contributed by atoms with Gasteiger partial charge in [0.2, 0.25) is 0 Å². The van der Waals surface area contributed by atoms with Crippen molar-refractivity contribution in [3.8, 4) is 17.2 Å². The first-order valence-corrected chi connectivity index (χ1v) is 4.45. The molecule has 6 nitrogen and oxygen atoms in total. The van der Waals surface area contributed by atoms with Gasteiger partial charge in [-0.05, 0) is 0 Å². The van der Waals surface area contributed by atoms with Crippen molar-refractivity contribution < 1.29 is 30.0 Å². The third kappa shape index (κ3) is 2.54. The fraction of sp³-hybridized carbons (Fsp3) is 0.300. The maximum absolute atomic E-state index is 10.9. The molecule has 0 radical (unpaired) electrons. The van der Waals surface area contributed by atoms with Crippen LogP contribution >= 0.6 is 0 Å². The van der Waals surface area contributed by atoms with E-state index in [0.29, 0.717) is 0 Å². The molecule has 0 aliphatic rings. The van der Waals surface area contributed by atoms with Crippen LogP contribution in [0.15, 0.2) is 12.1 Å². The number of aliphatic hydroxyl groups is 1. The predicted molar refractivity (Wildman–Crippen MR) is 53.0 cm³/mol. The lowest BCUT2D eigenvalue weighted by Gasteiger charge is -2.13. The number of phenolic OH excluding ortho intramolecular Hbond substituents is 3. The van der Waals surface area contributed by atoms with E-state index in [-0.39, 0.29) is 11.3 Å². The second kappa shape index (κ2) is 4.71. The van der Waals surface area contributed by atoms with E-state index in [1.54, 1.807) is 0 Å². The molecule has 0 amide bonds. The Morgan fingerprint density at radius 1 is 1.31 bits per heavy atom. The molecule has 88 valence electrons. The van der Waals surface area contributed by atoms with E-state index >= 15 is 0 Å². The molecule has 1 aromatic carbocycles. The number of rotatable bonds is 3. The first-order chi connectivity index (χ1) is 7.45. The van der Waals surface area contributed by atoms with Crippen molar-refractivity contribution in [3.63, 3.8) is 0 Å². The van der Waals surface area contributed by atoms with Crippen molar-refractivity contribution >= 4 is 5.97 Å². The fourth-order valence-corrected chi connectivity index (χ4v) is 1.29. The van der Waals surface area contributed by atoms with Crippen LogP contribution in [0.3, 0.4) is 0 Å². The average molecular weight is 228 g/mol. The minimum absolute atomic E-state index is 0.219. The van der Waals surface area contributed by atoms with Crippen molar-refractivity contribution in [3.05, 3.63) is 17.7 Å². The summed E-state index contributed by atoms with van der Waals surface area (Å²) in [5, 5.41) is 37.4. The zero-order valence-electron chi connectivity index (χ0n) is 8.54. The highest BCUT2D eigenvalue weighted by atomic mass is 16.5. The summed E-state index contributed by atoms with van der Waals surface area (Å²) >= 11 is 0. The Morgan fingerprint density at radius 2 is 1.81 bits per heavy atom. The van der Waals surface area contributed by atoms with Crippen LogP contribution in [0.5, 0.6) is 17.2 Å².